The highest BCUT2D eigenvalue weighted by Crippen LogP contribution is 2.07. The number of benzene rings is 2. The van der Waals surface area contributed by atoms with E-state index in [4.69, 9.17) is 0 Å². The average molecular weight is 335 g/mol. The summed E-state index contributed by atoms with van der Waals surface area (Å²) in [6.45, 7) is 1.36. The molecule has 0 spiro atoms. The molecule has 0 saturated heterocycles. The monoisotopic (exact) mass is 335 g/mol. The number of carbonyl (C=O) groups is 1. The van der Waals surface area contributed by atoms with E-state index in [0.29, 0.717) is 12.2 Å². The highest BCUT2D eigenvalue weighted by atomic mass is 16.2. The lowest BCUT2D eigenvalue weighted by molar-refractivity contribution is 0.0945. The highest BCUT2D eigenvalue weighted by Gasteiger charge is 2.11. The fourth-order valence-corrected chi connectivity index (χ4v) is 2.45. The first-order chi connectivity index (χ1) is 12.1. The van der Waals surface area contributed by atoms with Crippen molar-refractivity contribution in [1.29, 1.82) is 0 Å². The van der Waals surface area contributed by atoms with Gasteiger partial charge in [0.25, 0.3) is 5.91 Å². The Morgan fingerprint density at radius 3 is 2.40 bits per heavy atom. The van der Waals surface area contributed by atoms with Gasteiger partial charge in [0.1, 0.15) is 0 Å². The fourth-order valence-electron chi connectivity index (χ4n) is 2.45. The van der Waals surface area contributed by atoms with Crippen LogP contribution in [0, 0.1) is 0 Å². The predicted octanol–water partition coefficient (Wildman–Crippen LogP) is 2.26. The molecule has 3 rings (SSSR count). The molecule has 6 heteroatoms. The normalized spacial score (nSPS) is 10.8. The number of para-hydroxylation sites is 1. The predicted molar refractivity (Wildman–Crippen MR) is 96.4 cm³/mol. The van der Waals surface area contributed by atoms with Crippen LogP contribution in [0.4, 0.5) is 0 Å². The molecule has 25 heavy (non-hydrogen) atoms. The molecule has 1 N–H and O–H groups in total. The van der Waals surface area contributed by atoms with Gasteiger partial charge in [-0.2, -0.15) is 9.90 Å². The Morgan fingerprint density at radius 1 is 1.04 bits per heavy atom. The number of hydrogen-bond donors (Lipinski definition) is 1. The van der Waals surface area contributed by atoms with Gasteiger partial charge in [-0.25, -0.2) is 0 Å². The van der Waals surface area contributed by atoms with Gasteiger partial charge in [0.15, 0.2) is 5.69 Å². The molecular formula is C19H21N5O. The van der Waals surface area contributed by atoms with Gasteiger partial charge in [-0.05, 0) is 37.4 Å². The van der Waals surface area contributed by atoms with Crippen molar-refractivity contribution in [2.45, 2.75) is 13.1 Å². The van der Waals surface area contributed by atoms with Gasteiger partial charge in [-0.15, -0.1) is 5.10 Å². The molecule has 1 heterocycles. The lowest BCUT2D eigenvalue weighted by atomic mass is 10.1. The van der Waals surface area contributed by atoms with Crippen molar-refractivity contribution in [3.05, 3.63) is 77.6 Å². The zero-order valence-corrected chi connectivity index (χ0v) is 14.4. The first-order valence-corrected chi connectivity index (χ1v) is 8.10. The smallest absolute Gasteiger partial charge is 0.273 e. The van der Waals surface area contributed by atoms with Crippen LogP contribution in [-0.2, 0) is 13.1 Å². The molecule has 0 aliphatic carbocycles. The van der Waals surface area contributed by atoms with Crippen LogP contribution in [0.15, 0.2) is 60.8 Å². The van der Waals surface area contributed by atoms with Gasteiger partial charge in [0.2, 0.25) is 0 Å². The Labute approximate surface area is 147 Å². The van der Waals surface area contributed by atoms with Crippen LogP contribution >= 0.6 is 0 Å². The lowest BCUT2D eigenvalue weighted by Gasteiger charge is -2.10. The number of amides is 1. The number of carbonyl (C=O) groups excluding carboxylic acids is 1. The summed E-state index contributed by atoms with van der Waals surface area (Å²) in [4.78, 5) is 15.8. The second-order valence-electron chi connectivity index (χ2n) is 6.09. The summed E-state index contributed by atoms with van der Waals surface area (Å²) < 4.78 is 0. The van der Waals surface area contributed by atoms with Gasteiger partial charge < -0.3 is 10.2 Å². The number of rotatable bonds is 6. The fraction of sp³-hybridized carbons (Fsp3) is 0.211. The summed E-state index contributed by atoms with van der Waals surface area (Å²) in [7, 11) is 4.08. The van der Waals surface area contributed by atoms with E-state index in [2.05, 4.69) is 32.5 Å². The third-order valence-electron chi connectivity index (χ3n) is 3.69. The van der Waals surface area contributed by atoms with Crippen molar-refractivity contribution in [2.24, 2.45) is 0 Å². The summed E-state index contributed by atoms with van der Waals surface area (Å²) >= 11 is 0. The number of nitrogens with one attached hydrogen (secondary N) is 1. The zero-order valence-electron chi connectivity index (χ0n) is 14.4. The van der Waals surface area contributed by atoms with E-state index in [0.717, 1.165) is 17.8 Å². The molecule has 3 aromatic rings. The summed E-state index contributed by atoms with van der Waals surface area (Å²) in [5, 5.41) is 11.2. The van der Waals surface area contributed by atoms with E-state index in [-0.39, 0.29) is 5.91 Å². The number of aromatic nitrogens is 3. The van der Waals surface area contributed by atoms with E-state index >= 15 is 0 Å². The van der Waals surface area contributed by atoms with Gasteiger partial charge in [-0.1, -0.05) is 42.5 Å². The first-order valence-electron chi connectivity index (χ1n) is 8.10. The van der Waals surface area contributed by atoms with E-state index in [9.17, 15) is 4.79 Å². The second kappa shape index (κ2) is 7.72. The van der Waals surface area contributed by atoms with Crippen LogP contribution in [0.25, 0.3) is 5.69 Å². The molecule has 0 unspecified atom stereocenters. The molecule has 0 aliphatic heterocycles. The van der Waals surface area contributed by atoms with E-state index in [1.807, 2.05) is 56.6 Å². The summed E-state index contributed by atoms with van der Waals surface area (Å²) in [5.74, 6) is -0.237. The molecule has 6 nitrogen and oxygen atoms in total. The van der Waals surface area contributed by atoms with Gasteiger partial charge in [0.05, 0.1) is 11.9 Å². The van der Waals surface area contributed by atoms with Crippen LogP contribution in [0.3, 0.4) is 0 Å². The molecule has 0 atom stereocenters. The van der Waals surface area contributed by atoms with E-state index < -0.39 is 0 Å². The minimum Gasteiger partial charge on any atom is -0.347 e. The van der Waals surface area contributed by atoms with Crippen LogP contribution < -0.4 is 5.32 Å². The Morgan fingerprint density at radius 2 is 1.72 bits per heavy atom. The molecule has 0 aliphatic rings. The lowest BCUT2D eigenvalue weighted by Crippen LogP contribution is -2.23. The van der Waals surface area contributed by atoms with Crippen LogP contribution in [0.2, 0.25) is 0 Å². The van der Waals surface area contributed by atoms with Gasteiger partial charge in [-0.3, -0.25) is 4.79 Å². The van der Waals surface area contributed by atoms with Gasteiger partial charge >= 0.3 is 0 Å². The molecule has 1 aromatic heterocycles. The molecule has 0 bridgehead atoms. The van der Waals surface area contributed by atoms with Crippen molar-refractivity contribution >= 4 is 5.91 Å². The Kier molecular flexibility index (Phi) is 5.20. The van der Waals surface area contributed by atoms with Crippen molar-refractivity contribution < 1.29 is 4.79 Å². The van der Waals surface area contributed by atoms with Crippen molar-refractivity contribution in [1.82, 2.24) is 25.2 Å². The Hall–Kier alpha value is -2.99. The van der Waals surface area contributed by atoms with Crippen LogP contribution in [-0.4, -0.2) is 39.9 Å². The maximum absolute atomic E-state index is 12.2. The molecule has 0 saturated carbocycles. The Balaban J connectivity index is 1.59. The van der Waals surface area contributed by atoms with Crippen molar-refractivity contribution in [2.75, 3.05) is 14.1 Å². The molecule has 0 fully saturated rings. The summed E-state index contributed by atoms with van der Waals surface area (Å²) in [6.07, 6.45) is 1.47. The SMILES string of the molecule is CN(C)Cc1ccc(CNC(=O)c2cnn(-c3ccccc3)n2)cc1. The number of nitrogens with zero attached hydrogens (tertiary/aromatic N) is 4. The van der Waals surface area contributed by atoms with E-state index in [1.54, 1.807) is 0 Å². The van der Waals surface area contributed by atoms with Crippen LogP contribution in [0.1, 0.15) is 21.6 Å². The average Bonchev–Trinajstić information content (AvgIpc) is 3.11. The maximum Gasteiger partial charge on any atom is 0.273 e. The minimum atomic E-state index is -0.237. The highest BCUT2D eigenvalue weighted by molar-refractivity contribution is 5.91. The molecular weight excluding hydrogens is 314 g/mol. The Bertz CT molecular complexity index is 825. The maximum atomic E-state index is 12.2. The quantitative estimate of drug-likeness (QED) is 0.750. The number of hydrogen-bond acceptors (Lipinski definition) is 4. The largest absolute Gasteiger partial charge is 0.347 e. The second-order valence-corrected chi connectivity index (χ2v) is 6.09. The third kappa shape index (κ3) is 4.51. The summed E-state index contributed by atoms with van der Waals surface area (Å²) in [6, 6.07) is 17.7. The standard InChI is InChI=1S/C19H21N5O/c1-23(2)14-16-10-8-15(9-11-16)12-20-19(25)18-13-21-24(22-18)17-6-4-3-5-7-17/h3-11,13H,12,14H2,1-2H3,(H,20,25). The van der Waals surface area contributed by atoms with Crippen LogP contribution in [0.5, 0.6) is 0 Å². The molecule has 128 valence electrons. The van der Waals surface area contributed by atoms with Crippen molar-refractivity contribution in [3.8, 4) is 5.69 Å². The summed E-state index contributed by atoms with van der Waals surface area (Å²) in [5.41, 5.74) is 3.41. The topological polar surface area (TPSA) is 63.1 Å². The first kappa shape index (κ1) is 16.9. The minimum absolute atomic E-state index is 0.237. The zero-order chi connectivity index (χ0) is 17.6. The third-order valence-corrected chi connectivity index (χ3v) is 3.69. The van der Waals surface area contributed by atoms with Crippen molar-refractivity contribution in [3.63, 3.8) is 0 Å². The molecule has 1 amide bonds. The molecule has 2 aromatic carbocycles. The van der Waals surface area contributed by atoms with E-state index in [1.165, 1.54) is 16.6 Å². The molecule has 0 radical (unpaired) electrons. The van der Waals surface area contributed by atoms with Gasteiger partial charge in [0, 0.05) is 13.1 Å².